The number of fused-ring (bicyclic) bond motifs is 2. The number of rotatable bonds is 11. The summed E-state index contributed by atoms with van der Waals surface area (Å²) >= 11 is 0. The van der Waals surface area contributed by atoms with Crippen molar-refractivity contribution in [2.75, 3.05) is 44.9 Å². The summed E-state index contributed by atoms with van der Waals surface area (Å²) in [5.74, 6) is -7.53. The predicted octanol–water partition coefficient (Wildman–Crippen LogP) is 1.80. The molecule has 0 spiro atoms. The lowest BCUT2D eigenvalue weighted by molar-refractivity contribution is -0.161. The van der Waals surface area contributed by atoms with Crippen LogP contribution in [0.2, 0.25) is 0 Å². The monoisotopic (exact) mass is 884 g/mol. The number of hydrogen-bond acceptors (Lipinski definition) is 14. The quantitative estimate of drug-likeness (QED) is 0.184. The van der Waals surface area contributed by atoms with Gasteiger partial charge in [0.1, 0.15) is 24.2 Å². The second-order valence-electron chi connectivity index (χ2n) is 18.7. The number of likely N-dealkylation sites (N-methyl/N-ethyl adjacent to an activating group) is 1. The Morgan fingerprint density at radius 2 is 0.905 bits per heavy atom. The molecule has 18 heteroatoms. The van der Waals surface area contributed by atoms with Gasteiger partial charge < -0.3 is 45.1 Å². The van der Waals surface area contributed by atoms with E-state index in [1.807, 2.05) is 52.0 Å². The van der Waals surface area contributed by atoms with Crippen LogP contribution in [-0.4, -0.2) is 135 Å². The molecule has 4 heterocycles. The van der Waals surface area contributed by atoms with E-state index in [2.05, 4.69) is 38.1 Å². The maximum Gasteiger partial charge on any atom is 0.329 e. The van der Waals surface area contributed by atoms with E-state index < -0.39 is 97.6 Å². The van der Waals surface area contributed by atoms with E-state index in [4.69, 9.17) is 18.9 Å². The first kappa shape index (κ1) is 50.4. The number of hydrogen-bond donors (Lipinski definition) is 4. The van der Waals surface area contributed by atoms with Crippen molar-refractivity contribution >= 4 is 53.2 Å². The maximum absolute atomic E-state index is 14.2. The maximum atomic E-state index is 14.2. The molecule has 0 radical (unpaired) electrons. The molecule has 0 saturated carbocycles. The summed E-state index contributed by atoms with van der Waals surface area (Å²) in [6.07, 6.45) is 0.0336. The number of ether oxygens (including phenoxy) is 4. The number of esters is 4. The highest BCUT2D eigenvalue weighted by molar-refractivity contribution is 5.93. The van der Waals surface area contributed by atoms with Gasteiger partial charge in [-0.2, -0.15) is 0 Å². The molecule has 0 aliphatic carbocycles. The molecule has 4 N–H and O–H groups in total. The Bertz CT molecular complexity index is 1760. The molecule has 18 nitrogen and oxygen atoms in total. The normalized spacial score (nSPS) is 26.7. The lowest BCUT2D eigenvalue weighted by Crippen LogP contribution is -2.67. The lowest BCUT2D eigenvalue weighted by atomic mass is 9.88. The van der Waals surface area contributed by atoms with Crippen LogP contribution in [0, 0.1) is 23.7 Å². The average Bonchev–Trinajstić information content (AvgIpc) is 3.21. The smallest absolute Gasteiger partial charge is 0.329 e. The number of benzene rings is 1. The van der Waals surface area contributed by atoms with Crippen molar-refractivity contribution in [3.8, 4) is 0 Å². The zero-order valence-corrected chi connectivity index (χ0v) is 38.2. The minimum atomic E-state index is -1.48. The zero-order chi connectivity index (χ0) is 46.5. The average molecular weight is 885 g/mol. The van der Waals surface area contributed by atoms with Gasteiger partial charge in [0.05, 0.1) is 0 Å². The summed E-state index contributed by atoms with van der Waals surface area (Å²) in [5, 5.41) is 10.2. The van der Waals surface area contributed by atoms with E-state index in [1.165, 1.54) is 6.42 Å². The molecule has 63 heavy (non-hydrogen) atoms. The van der Waals surface area contributed by atoms with Crippen LogP contribution in [0.4, 0.5) is 5.69 Å². The molecule has 4 aliphatic rings. The molecular weight excluding hydrogens is 817 g/mol. The van der Waals surface area contributed by atoms with Gasteiger partial charge in [0.15, 0.2) is 25.9 Å². The minimum absolute atomic E-state index is 0.0893. The zero-order valence-electron chi connectivity index (χ0n) is 38.2. The Morgan fingerprint density at radius 3 is 1.27 bits per heavy atom. The lowest BCUT2D eigenvalue weighted by Gasteiger charge is -2.55. The van der Waals surface area contributed by atoms with Crippen LogP contribution in [0.15, 0.2) is 24.3 Å². The van der Waals surface area contributed by atoms with Crippen molar-refractivity contribution in [1.29, 1.82) is 0 Å². The van der Waals surface area contributed by atoms with E-state index in [1.54, 1.807) is 27.7 Å². The highest BCUT2D eigenvalue weighted by Gasteiger charge is 2.42. The van der Waals surface area contributed by atoms with Crippen molar-refractivity contribution in [2.45, 2.75) is 136 Å². The van der Waals surface area contributed by atoms with Crippen LogP contribution >= 0.6 is 0 Å². The molecule has 4 fully saturated rings. The van der Waals surface area contributed by atoms with E-state index in [9.17, 15) is 38.4 Å². The first-order valence-corrected chi connectivity index (χ1v) is 22.1. The molecule has 4 aliphatic heterocycles. The van der Waals surface area contributed by atoms with Gasteiger partial charge >= 0.3 is 23.9 Å². The number of amides is 4. The highest BCUT2D eigenvalue weighted by Crippen LogP contribution is 2.33. The summed E-state index contributed by atoms with van der Waals surface area (Å²) in [6, 6.07) is 3.63. The Labute approximate surface area is 370 Å². The molecule has 7 atom stereocenters. The van der Waals surface area contributed by atoms with Crippen LogP contribution in [0.3, 0.4) is 0 Å². The van der Waals surface area contributed by atoms with Crippen LogP contribution < -0.4 is 26.2 Å². The predicted molar refractivity (Wildman–Crippen MR) is 231 cm³/mol. The van der Waals surface area contributed by atoms with Crippen molar-refractivity contribution in [2.24, 2.45) is 23.7 Å². The number of anilines is 1. The van der Waals surface area contributed by atoms with Gasteiger partial charge in [-0.25, -0.2) is 19.2 Å². The number of carbonyl (C=O) groups excluding carboxylic acids is 8. The Hall–Kier alpha value is -5.26. The fourth-order valence-electron chi connectivity index (χ4n) is 7.90. The minimum Gasteiger partial charge on any atom is -0.454 e. The van der Waals surface area contributed by atoms with Gasteiger partial charge in [-0.1, -0.05) is 67.5 Å². The van der Waals surface area contributed by atoms with E-state index in [0.717, 1.165) is 18.8 Å². The Morgan fingerprint density at radius 1 is 0.540 bits per heavy atom. The molecule has 4 amide bonds. The number of cyclic esters (lactones) is 4. The highest BCUT2D eigenvalue weighted by atomic mass is 16.6. The van der Waals surface area contributed by atoms with Crippen LogP contribution in [0.25, 0.3) is 0 Å². The standard InChI is InChI=1S/C45H68N6O12/c1-25(2)14-33-42(56)60-22-38(52)46-34(15-26(3)4)43(57)61-24-40(54)48-36(17-28(7)8)45(59)63-37(41(55)49-35(16-27(5)6)44(58)62-23-39(53)47-33)18-29-10-12-30(13-11-29)51-20-31-19-32(21-51)50(31)9/h10-13,25-28,31-37H,14-24H2,1-9H3,(H,46,52)(H,47,53)(H,48,54)(H,49,55). The van der Waals surface area contributed by atoms with Crippen molar-refractivity contribution in [3.05, 3.63) is 29.8 Å². The van der Waals surface area contributed by atoms with Crippen LogP contribution in [0.1, 0.15) is 93.1 Å². The van der Waals surface area contributed by atoms with Crippen molar-refractivity contribution in [1.82, 2.24) is 26.2 Å². The summed E-state index contributed by atoms with van der Waals surface area (Å²) in [7, 11) is 2.14. The molecule has 350 valence electrons. The molecule has 1 aromatic rings. The number of nitrogens with one attached hydrogen (secondary N) is 4. The fraction of sp³-hybridized carbons (Fsp3) is 0.689. The van der Waals surface area contributed by atoms with Gasteiger partial charge in [0.2, 0.25) is 0 Å². The summed E-state index contributed by atoms with van der Waals surface area (Å²) in [4.78, 5) is 112. The SMILES string of the molecule is CC(C)CC1NC(=O)COC(=O)C(CC(C)C)NC(=O)COC(=O)C(CC(C)C)NC(=O)C(Cc2ccc(N3CC4CC(C3)N4C)cc2)OC(=O)C(CC(C)C)NC(=O)COC1=O. The Balaban J connectivity index is 1.63. The van der Waals surface area contributed by atoms with Gasteiger partial charge in [0.25, 0.3) is 23.6 Å². The molecule has 2 bridgehead atoms. The largest absolute Gasteiger partial charge is 0.454 e. The third kappa shape index (κ3) is 15.8. The van der Waals surface area contributed by atoms with Gasteiger partial charge in [-0.15, -0.1) is 0 Å². The number of carbonyl (C=O) groups is 8. The van der Waals surface area contributed by atoms with Crippen LogP contribution in [-0.2, 0) is 63.7 Å². The van der Waals surface area contributed by atoms with E-state index in [-0.39, 0.29) is 55.8 Å². The molecule has 5 rings (SSSR count). The topological polar surface area (TPSA) is 228 Å². The molecule has 0 aromatic heterocycles. The fourth-order valence-corrected chi connectivity index (χ4v) is 7.90. The number of piperazine rings is 1. The van der Waals surface area contributed by atoms with Crippen molar-refractivity contribution < 1.29 is 57.3 Å². The van der Waals surface area contributed by atoms with E-state index >= 15 is 0 Å². The first-order chi connectivity index (χ1) is 29.7. The summed E-state index contributed by atoms with van der Waals surface area (Å²) in [6.45, 7) is 13.9. The van der Waals surface area contributed by atoms with Gasteiger partial charge in [-0.05, 0) is 80.5 Å². The summed E-state index contributed by atoms with van der Waals surface area (Å²) < 4.78 is 21.8. The van der Waals surface area contributed by atoms with Gasteiger partial charge in [-0.3, -0.25) is 24.1 Å². The first-order valence-electron chi connectivity index (χ1n) is 22.1. The molecule has 7 unspecified atom stereocenters. The second kappa shape index (κ2) is 23.4. The van der Waals surface area contributed by atoms with Crippen molar-refractivity contribution in [3.63, 3.8) is 0 Å². The van der Waals surface area contributed by atoms with Crippen LogP contribution in [0.5, 0.6) is 0 Å². The molecule has 1 aromatic carbocycles. The molecular formula is C45H68N6O12. The number of piperidine rings is 1. The molecule has 4 saturated heterocycles. The Kier molecular flexibility index (Phi) is 18.7. The third-order valence-electron chi connectivity index (χ3n) is 11.2. The second-order valence-corrected chi connectivity index (χ2v) is 18.7. The summed E-state index contributed by atoms with van der Waals surface area (Å²) in [5.41, 5.74) is 1.68. The number of nitrogens with zero attached hydrogens (tertiary/aromatic N) is 2. The third-order valence-corrected chi connectivity index (χ3v) is 11.2. The van der Waals surface area contributed by atoms with Gasteiger partial charge in [0, 0.05) is 37.3 Å². The van der Waals surface area contributed by atoms with E-state index in [0.29, 0.717) is 17.6 Å².